The highest BCUT2D eigenvalue weighted by atomic mass is 35.5. The molecule has 1 aliphatic carbocycles. The first-order valence-corrected chi connectivity index (χ1v) is 10.0. The van der Waals surface area contributed by atoms with Gasteiger partial charge in [-0.05, 0) is 74.6 Å². The van der Waals surface area contributed by atoms with Gasteiger partial charge in [-0.25, -0.2) is 13.1 Å². The molecule has 0 radical (unpaired) electrons. The molecule has 5 nitrogen and oxygen atoms in total. The second-order valence-corrected chi connectivity index (χ2v) is 8.34. The standard InChI is InChI=1S/C19H24N2O3S.ClH/c1-14-3-2-4-18(13-14)24-17-9-11-19(12-10-17)25(22,23)21-16-7-5-15(20)6-8-16;/h2-4,9-13,15-16,21H,5-8,20H2,1H3;1H. The number of hydrogen-bond acceptors (Lipinski definition) is 4. The Balaban J connectivity index is 0.00000243. The molecule has 2 aromatic rings. The molecule has 0 saturated heterocycles. The summed E-state index contributed by atoms with van der Waals surface area (Å²) in [5, 5.41) is 0. The van der Waals surface area contributed by atoms with E-state index in [1.807, 2.05) is 31.2 Å². The third-order valence-electron chi connectivity index (χ3n) is 4.45. The number of nitrogens with one attached hydrogen (secondary N) is 1. The van der Waals surface area contributed by atoms with Gasteiger partial charge in [0.05, 0.1) is 4.90 Å². The van der Waals surface area contributed by atoms with Crippen LogP contribution < -0.4 is 15.2 Å². The largest absolute Gasteiger partial charge is 0.457 e. The number of aryl methyl sites for hydroxylation is 1. The maximum atomic E-state index is 12.5. The number of rotatable bonds is 5. The first-order valence-electron chi connectivity index (χ1n) is 8.55. The molecule has 0 aromatic heterocycles. The van der Waals surface area contributed by atoms with E-state index in [2.05, 4.69) is 4.72 Å². The molecule has 1 saturated carbocycles. The summed E-state index contributed by atoms with van der Waals surface area (Å²) in [5.41, 5.74) is 6.97. The topological polar surface area (TPSA) is 81.4 Å². The fraction of sp³-hybridized carbons (Fsp3) is 0.368. The third kappa shape index (κ3) is 5.45. The highest BCUT2D eigenvalue weighted by Gasteiger charge is 2.24. The van der Waals surface area contributed by atoms with Crippen LogP contribution in [0.5, 0.6) is 11.5 Å². The van der Waals surface area contributed by atoms with Crippen LogP contribution in [0.4, 0.5) is 0 Å². The van der Waals surface area contributed by atoms with Gasteiger partial charge in [-0.15, -0.1) is 12.4 Å². The van der Waals surface area contributed by atoms with Crippen molar-refractivity contribution in [2.45, 2.75) is 49.6 Å². The molecule has 0 unspecified atom stereocenters. The SMILES string of the molecule is Cc1cccc(Oc2ccc(S(=O)(=O)NC3CCC(N)CC3)cc2)c1.Cl. The van der Waals surface area contributed by atoms with Gasteiger partial charge in [0.1, 0.15) is 11.5 Å². The van der Waals surface area contributed by atoms with Crippen LogP contribution in [-0.4, -0.2) is 20.5 Å². The Bertz CT molecular complexity index is 817. The van der Waals surface area contributed by atoms with Crippen LogP contribution in [0, 0.1) is 6.92 Å². The average Bonchev–Trinajstić information content (AvgIpc) is 2.57. The molecule has 2 aromatic carbocycles. The molecule has 0 amide bonds. The molecular weight excluding hydrogens is 372 g/mol. The van der Waals surface area contributed by atoms with Crippen molar-refractivity contribution in [1.82, 2.24) is 4.72 Å². The summed E-state index contributed by atoms with van der Waals surface area (Å²) < 4.78 is 33.6. The molecule has 0 bridgehead atoms. The zero-order chi connectivity index (χ0) is 17.9. The molecule has 0 aliphatic heterocycles. The lowest BCUT2D eigenvalue weighted by atomic mass is 9.93. The predicted molar refractivity (Wildman–Crippen MR) is 105 cm³/mol. The molecule has 0 atom stereocenters. The van der Waals surface area contributed by atoms with Gasteiger partial charge in [0.2, 0.25) is 10.0 Å². The van der Waals surface area contributed by atoms with Crippen molar-refractivity contribution >= 4 is 22.4 Å². The second kappa shape index (κ2) is 8.86. The van der Waals surface area contributed by atoms with Crippen molar-refractivity contribution in [1.29, 1.82) is 0 Å². The molecule has 26 heavy (non-hydrogen) atoms. The number of sulfonamides is 1. The number of hydrogen-bond donors (Lipinski definition) is 2. The van der Waals surface area contributed by atoms with E-state index in [1.54, 1.807) is 24.3 Å². The van der Waals surface area contributed by atoms with Gasteiger partial charge >= 0.3 is 0 Å². The molecule has 1 fully saturated rings. The quantitative estimate of drug-likeness (QED) is 0.806. The lowest BCUT2D eigenvalue weighted by Crippen LogP contribution is -2.40. The summed E-state index contributed by atoms with van der Waals surface area (Å²) in [6.45, 7) is 1.99. The molecular formula is C19H25ClN2O3S. The van der Waals surface area contributed by atoms with E-state index in [-0.39, 0.29) is 29.4 Å². The molecule has 3 N–H and O–H groups in total. The molecule has 1 aliphatic rings. The number of benzene rings is 2. The van der Waals surface area contributed by atoms with E-state index in [9.17, 15) is 8.42 Å². The van der Waals surface area contributed by atoms with Crippen LogP contribution in [0.1, 0.15) is 31.2 Å². The summed E-state index contributed by atoms with van der Waals surface area (Å²) in [6, 6.07) is 14.4. The van der Waals surface area contributed by atoms with Gasteiger partial charge in [0.15, 0.2) is 0 Å². The van der Waals surface area contributed by atoms with Crippen molar-refractivity contribution in [2.24, 2.45) is 5.73 Å². The Morgan fingerprint density at radius 3 is 2.27 bits per heavy atom. The van der Waals surface area contributed by atoms with Crippen LogP contribution in [-0.2, 0) is 10.0 Å². The summed E-state index contributed by atoms with van der Waals surface area (Å²) in [5.74, 6) is 1.33. The highest BCUT2D eigenvalue weighted by Crippen LogP contribution is 2.24. The van der Waals surface area contributed by atoms with E-state index in [1.165, 1.54) is 0 Å². The van der Waals surface area contributed by atoms with E-state index < -0.39 is 10.0 Å². The highest BCUT2D eigenvalue weighted by molar-refractivity contribution is 7.89. The van der Waals surface area contributed by atoms with Gasteiger partial charge in [-0.3, -0.25) is 0 Å². The molecule has 142 valence electrons. The Kier molecular flexibility index (Phi) is 7.06. The zero-order valence-electron chi connectivity index (χ0n) is 14.7. The van der Waals surface area contributed by atoms with Crippen molar-refractivity contribution < 1.29 is 13.2 Å². The minimum Gasteiger partial charge on any atom is -0.457 e. The number of nitrogens with two attached hydrogens (primary N) is 1. The number of ether oxygens (including phenoxy) is 1. The van der Waals surface area contributed by atoms with Crippen molar-refractivity contribution in [3.05, 3.63) is 54.1 Å². The molecule has 0 heterocycles. The van der Waals surface area contributed by atoms with Crippen LogP contribution in [0.25, 0.3) is 0 Å². The Hall–Kier alpha value is -1.60. The molecule has 7 heteroatoms. The minimum atomic E-state index is -3.52. The van der Waals surface area contributed by atoms with E-state index >= 15 is 0 Å². The van der Waals surface area contributed by atoms with Gasteiger partial charge in [0, 0.05) is 12.1 Å². The third-order valence-corrected chi connectivity index (χ3v) is 5.99. The summed E-state index contributed by atoms with van der Waals surface area (Å²) in [7, 11) is -3.52. The maximum Gasteiger partial charge on any atom is 0.240 e. The van der Waals surface area contributed by atoms with Gasteiger partial charge < -0.3 is 10.5 Å². The summed E-state index contributed by atoms with van der Waals surface area (Å²) in [4.78, 5) is 0.249. The second-order valence-electron chi connectivity index (χ2n) is 6.62. The fourth-order valence-electron chi connectivity index (χ4n) is 3.03. The first-order chi connectivity index (χ1) is 11.9. The van der Waals surface area contributed by atoms with E-state index in [0.717, 1.165) is 37.0 Å². The molecule has 3 rings (SSSR count). The van der Waals surface area contributed by atoms with Gasteiger partial charge in [-0.1, -0.05) is 12.1 Å². The summed E-state index contributed by atoms with van der Waals surface area (Å²) >= 11 is 0. The lowest BCUT2D eigenvalue weighted by molar-refractivity contribution is 0.373. The minimum absolute atomic E-state index is 0. The van der Waals surface area contributed by atoms with Crippen LogP contribution in [0.3, 0.4) is 0 Å². The molecule has 0 spiro atoms. The Labute approximate surface area is 161 Å². The van der Waals surface area contributed by atoms with Crippen molar-refractivity contribution in [2.75, 3.05) is 0 Å². The van der Waals surface area contributed by atoms with E-state index in [4.69, 9.17) is 10.5 Å². The predicted octanol–water partition coefficient (Wildman–Crippen LogP) is 3.76. The average molecular weight is 397 g/mol. The smallest absolute Gasteiger partial charge is 0.240 e. The van der Waals surface area contributed by atoms with Crippen LogP contribution in [0.2, 0.25) is 0 Å². The van der Waals surface area contributed by atoms with Gasteiger partial charge in [-0.2, -0.15) is 0 Å². The van der Waals surface area contributed by atoms with Crippen LogP contribution in [0.15, 0.2) is 53.4 Å². The zero-order valence-corrected chi connectivity index (χ0v) is 16.4. The monoisotopic (exact) mass is 396 g/mol. The van der Waals surface area contributed by atoms with Crippen molar-refractivity contribution in [3.8, 4) is 11.5 Å². The maximum absolute atomic E-state index is 12.5. The Morgan fingerprint density at radius 2 is 1.65 bits per heavy atom. The first kappa shape index (κ1) is 20.7. The number of halogens is 1. The lowest BCUT2D eigenvalue weighted by Gasteiger charge is -2.26. The van der Waals surface area contributed by atoms with E-state index in [0.29, 0.717) is 5.75 Å². The summed E-state index contributed by atoms with van der Waals surface area (Å²) in [6.07, 6.45) is 3.29. The normalized spacial score (nSPS) is 20.2. The Morgan fingerprint density at radius 1 is 1.00 bits per heavy atom. The van der Waals surface area contributed by atoms with Gasteiger partial charge in [0.25, 0.3) is 0 Å². The van der Waals surface area contributed by atoms with Crippen molar-refractivity contribution in [3.63, 3.8) is 0 Å². The van der Waals surface area contributed by atoms with Crippen LogP contribution >= 0.6 is 12.4 Å². The fourth-order valence-corrected chi connectivity index (χ4v) is 4.33.